The fourth-order valence-electron chi connectivity index (χ4n) is 2.52. The Kier molecular flexibility index (Phi) is 3.97. The van der Waals surface area contributed by atoms with E-state index < -0.39 is 0 Å². The van der Waals surface area contributed by atoms with Crippen molar-refractivity contribution in [3.63, 3.8) is 0 Å². The van der Waals surface area contributed by atoms with Crippen molar-refractivity contribution in [3.8, 4) is 0 Å². The highest BCUT2D eigenvalue weighted by molar-refractivity contribution is 5.14. The van der Waals surface area contributed by atoms with E-state index in [1.165, 1.54) is 12.0 Å². The maximum absolute atomic E-state index is 9.42. The summed E-state index contributed by atoms with van der Waals surface area (Å²) in [6, 6.07) is 10.9. The molecule has 1 N–H and O–H groups in total. The molecule has 0 radical (unpaired) electrons. The van der Waals surface area contributed by atoms with Crippen LogP contribution in [0.4, 0.5) is 0 Å². The van der Waals surface area contributed by atoms with Gasteiger partial charge in [0.15, 0.2) is 0 Å². The molecule has 1 aliphatic heterocycles. The van der Waals surface area contributed by atoms with Crippen LogP contribution in [0.1, 0.15) is 25.3 Å². The number of hydrogen-bond acceptors (Lipinski definition) is 2. The molecule has 0 saturated carbocycles. The molecule has 0 aromatic heterocycles. The van der Waals surface area contributed by atoms with Crippen molar-refractivity contribution < 1.29 is 5.11 Å². The first kappa shape index (κ1) is 11.6. The number of likely N-dealkylation sites (tertiary alicyclic amines) is 1. The molecule has 1 aromatic rings. The normalized spacial score (nSPS) is 26.9. The van der Waals surface area contributed by atoms with Gasteiger partial charge in [0.1, 0.15) is 0 Å². The van der Waals surface area contributed by atoms with E-state index in [0.717, 1.165) is 25.4 Å². The summed E-state index contributed by atoms with van der Waals surface area (Å²) in [5.41, 5.74) is 1.34. The van der Waals surface area contributed by atoms with E-state index in [4.69, 9.17) is 0 Å². The van der Waals surface area contributed by atoms with Gasteiger partial charge >= 0.3 is 0 Å². The van der Waals surface area contributed by atoms with Crippen LogP contribution in [0.25, 0.3) is 0 Å². The second-order valence-corrected chi connectivity index (χ2v) is 4.92. The van der Waals surface area contributed by atoms with E-state index in [1.54, 1.807) is 0 Å². The van der Waals surface area contributed by atoms with Gasteiger partial charge in [-0.25, -0.2) is 0 Å². The highest BCUT2D eigenvalue weighted by Gasteiger charge is 2.25. The second kappa shape index (κ2) is 5.46. The lowest BCUT2D eigenvalue weighted by Gasteiger charge is -2.37. The third kappa shape index (κ3) is 2.83. The largest absolute Gasteiger partial charge is 0.395 e. The van der Waals surface area contributed by atoms with Crippen LogP contribution in [0, 0.1) is 5.92 Å². The monoisotopic (exact) mass is 219 g/mol. The van der Waals surface area contributed by atoms with Crippen molar-refractivity contribution in [3.05, 3.63) is 35.9 Å². The fraction of sp³-hybridized carbons (Fsp3) is 0.571. The van der Waals surface area contributed by atoms with Crippen LogP contribution in [0.2, 0.25) is 0 Å². The zero-order valence-electron chi connectivity index (χ0n) is 9.97. The highest BCUT2D eigenvalue weighted by Crippen LogP contribution is 2.23. The van der Waals surface area contributed by atoms with Gasteiger partial charge in [-0.15, -0.1) is 0 Å². The third-order valence-electron chi connectivity index (χ3n) is 3.54. The Balaban J connectivity index is 1.98. The number of piperidine rings is 1. The minimum absolute atomic E-state index is 0.289. The molecule has 1 fully saturated rings. The lowest BCUT2D eigenvalue weighted by atomic mass is 9.92. The predicted octanol–water partition coefficient (Wildman–Crippen LogP) is 2.28. The lowest BCUT2D eigenvalue weighted by Crippen LogP contribution is -2.43. The molecule has 0 amide bonds. The molecule has 88 valence electrons. The van der Waals surface area contributed by atoms with E-state index >= 15 is 0 Å². The first-order valence-corrected chi connectivity index (χ1v) is 6.18. The average Bonchev–Trinajstić information content (AvgIpc) is 2.33. The van der Waals surface area contributed by atoms with Crippen LogP contribution in [0.15, 0.2) is 30.3 Å². The zero-order chi connectivity index (χ0) is 11.4. The minimum Gasteiger partial charge on any atom is -0.395 e. The molecular weight excluding hydrogens is 198 g/mol. The van der Waals surface area contributed by atoms with Crippen molar-refractivity contribution in [1.82, 2.24) is 4.90 Å². The fourth-order valence-corrected chi connectivity index (χ4v) is 2.52. The molecule has 2 unspecified atom stereocenters. The van der Waals surface area contributed by atoms with E-state index in [-0.39, 0.29) is 6.61 Å². The standard InChI is InChI=1S/C14H21NO/c1-12-7-8-15(14(9-12)11-16)10-13-5-3-2-4-6-13/h2-6,12,14,16H,7-11H2,1H3. The molecule has 1 aromatic carbocycles. The molecule has 2 heteroatoms. The van der Waals surface area contributed by atoms with Gasteiger partial charge in [0.2, 0.25) is 0 Å². The SMILES string of the molecule is CC1CCN(Cc2ccccc2)C(CO)C1. The van der Waals surface area contributed by atoms with Crippen molar-refractivity contribution in [2.45, 2.75) is 32.4 Å². The zero-order valence-corrected chi connectivity index (χ0v) is 9.97. The number of rotatable bonds is 3. The average molecular weight is 219 g/mol. The highest BCUT2D eigenvalue weighted by atomic mass is 16.3. The number of aliphatic hydroxyl groups excluding tert-OH is 1. The van der Waals surface area contributed by atoms with Crippen LogP contribution >= 0.6 is 0 Å². The van der Waals surface area contributed by atoms with Crippen LogP contribution in [0.5, 0.6) is 0 Å². The Bertz CT molecular complexity index is 312. The van der Waals surface area contributed by atoms with Gasteiger partial charge in [-0.1, -0.05) is 37.3 Å². The van der Waals surface area contributed by atoms with E-state index in [1.807, 2.05) is 6.07 Å². The van der Waals surface area contributed by atoms with Gasteiger partial charge in [-0.2, -0.15) is 0 Å². The van der Waals surface area contributed by atoms with E-state index in [2.05, 4.69) is 36.1 Å². The summed E-state index contributed by atoms with van der Waals surface area (Å²) < 4.78 is 0. The second-order valence-electron chi connectivity index (χ2n) is 4.92. The Morgan fingerprint density at radius 3 is 2.75 bits per heavy atom. The van der Waals surface area contributed by atoms with Gasteiger partial charge < -0.3 is 5.11 Å². The molecule has 1 aliphatic rings. The minimum atomic E-state index is 0.289. The molecule has 1 saturated heterocycles. The topological polar surface area (TPSA) is 23.5 Å². The molecule has 0 spiro atoms. The third-order valence-corrected chi connectivity index (χ3v) is 3.54. The molecule has 0 aliphatic carbocycles. The maximum Gasteiger partial charge on any atom is 0.0587 e. The molecule has 16 heavy (non-hydrogen) atoms. The first-order valence-electron chi connectivity index (χ1n) is 6.18. The van der Waals surface area contributed by atoms with Crippen molar-refractivity contribution >= 4 is 0 Å². The van der Waals surface area contributed by atoms with Crippen LogP contribution in [0.3, 0.4) is 0 Å². The Morgan fingerprint density at radius 1 is 1.31 bits per heavy atom. The lowest BCUT2D eigenvalue weighted by molar-refractivity contribution is 0.0634. The molecule has 2 atom stereocenters. The summed E-state index contributed by atoms with van der Waals surface area (Å²) in [4.78, 5) is 2.41. The van der Waals surface area contributed by atoms with Gasteiger partial charge in [0, 0.05) is 12.6 Å². The van der Waals surface area contributed by atoms with Gasteiger partial charge in [-0.3, -0.25) is 4.90 Å². The number of nitrogens with zero attached hydrogens (tertiary/aromatic N) is 1. The first-order chi connectivity index (χ1) is 7.79. The smallest absolute Gasteiger partial charge is 0.0587 e. The Hall–Kier alpha value is -0.860. The number of hydrogen-bond donors (Lipinski definition) is 1. The quantitative estimate of drug-likeness (QED) is 0.843. The van der Waals surface area contributed by atoms with Crippen molar-refractivity contribution in [2.24, 2.45) is 5.92 Å². The predicted molar refractivity (Wildman–Crippen MR) is 66.1 cm³/mol. The van der Waals surface area contributed by atoms with Crippen LogP contribution < -0.4 is 0 Å². The summed E-state index contributed by atoms with van der Waals surface area (Å²) in [6.07, 6.45) is 2.38. The van der Waals surface area contributed by atoms with E-state index in [0.29, 0.717) is 6.04 Å². The van der Waals surface area contributed by atoms with Gasteiger partial charge in [0.05, 0.1) is 6.61 Å². The maximum atomic E-state index is 9.42. The van der Waals surface area contributed by atoms with E-state index in [9.17, 15) is 5.11 Å². The summed E-state index contributed by atoms with van der Waals surface area (Å²) >= 11 is 0. The number of aliphatic hydroxyl groups is 1. The Morgan fingerprint density at radius 2 is 2.06 bits per heavy atom. The summed E-state index contributed by atoms with van der Waals surface area (Å²) in [5.74, 6) is 0.754. The summed E-state index contributed by atoms with van der Waals surface area (Å²) in [7, 11) is 0. The van der Waals surface area contributed by atoms with Crippen LogP contribution in [-0.4, -0.2) is 29.2 Å². The molecule has 2 nitrogen and oxygen atoms in total. The van der Waals surface area contributed by atoms with Crippen LogP contribution in [-0.2, 0) is 6.54 Å². The molecular formula is C14H21NO. The van der Waals surface area contributed by atoms with Gasteiger partial charge in [-0.05, 0) is 30.9 Å². The molecule has 0 bridgehead atoms. The Labute approximate surface area is 97.9 Å². The molecule has 2 rings (SSSR count). The summed E-state index contributed by atoms with van der Waals surface area (Å²) in [5, 5.41) is 9.42. The van der Waals surface area contributed by atoms with Crippen molar-refractivity contribution in [2.75, 3.05) is 13.2 Å². The number of benzene rings is 1. The van der Waals surface area contributed by atoms with Gasteiger partial charge in [0.25, 0.3) is 0 Å². The summed E-state index contributed by atoms with van der Waals surface area (Å²) in [6.45, 7) is 4.65. The molecule has 1 heterocycles. The van der Waals surface area contributed by atoms with Crippen molar-refractivity contribution in [1.29, 1.82) is 0 Å².